The number of anilines is 1. The van der Waals surface area contributed by atoms with E-state index in [0.717, 1.165) is 41.7 Å². The van der Waals surface area contributed by atoms with Gasteiger partial charge in [0.1, 0.15) is 11.9 Å². The van der Waals surface area contributed by atoms with Gasteiger partial charge in [0.2, 0.25) is 5.76 Å². The van der Waals surface area contributed by atoms with Crippen molar-refractivity contribution < 1.29 is 9.15 Å². The Morgan fingerprint density at radius 2 is 2.14 bits per heavy atom. The van der Waals surface area contributed by atoms with Gasteiger partial charge in [-0.25, -0.2) is 4.98 Å². The van der Waals surface area contributed by atoms with Crippen molar-refractivity contribution in [2.24, 2.45) is 5.41 Å². The monoisotopic (exact) mass is 458 g/mol. The lowest BCUT2D eigenvalue weighted by molar-refractivity contribution is -0.00538. The second-order valence-electron chi connectivity index (χ2n) is 8.95. The fourth-order valence-electron chi connectivity index (χ4n) is 5.43. The molecule has 1 spiro atoms. The minimum Gasteiger partial charge on any atom is -0.444 e. The van der Waals surface area contributed by atoms with Gasteiger partial charge in [0.15, 0.2) is 5.58 Å². The molecule has 2 aliphatic heterocycles. The molecule has 3 fully saturated rings. The Bertz CT molecular complexity index is 923. The fraction of sp³-hybridized carbons (Fsp3) is 0.636. The largest absolute Gasteiger partial charge is 0.444 e. The molecule has 1 unspecified atom stereocenters. The van der Waals surface area contributed by atoms with Gasteiger partial charge in [-0.2, -0.15) is 5.26 Å². The van der Waals surface area contributed by atoms with E-state index in [1.807, 2.05) is 6.07 Å². The smallest absolute Gasteiger partial charge is 0.204 e. The zero-order chi connectivity index (χ0) is 19.8. The fourth-order valence-corrected chi connectivity index (χ4v) is 5.95. The maximum Gasteiger partial charge on any atom is 0.204 e. The molecule has 2 aromatic heterocycles. The van der Waals surface area contributed by atoms with E-state index in [-0.39, 0.29) is 0 Å². The molecule has 0 bridgehead atoms. The normalized spacial score (nSPS) is 30.6. The van der Waals surface area contributed by atoms with Gasteiger partial charge in [0.05, 0.1) is 17.3 Å². The minimum atomic E-state index is 0.312. The van der Waals surface area contributed by atoms with E-state index < -0.39 is 0 Å². The predicted molar refractivity (Wildman–Crippen MR) is 115 cm³/mol. The first-order valence-electron chi connectivity index (χ1n) is 10.7. The lowest BCUT2D eigenvalue weighted by atomic mass is 9.82. The number of halogens is 1. The second-order valence-corrected chi connectivity index (χ2v) is 9.74. The molecule has 1 saturated carbocycles. The number of nitrogens with zero attached hydrogens (tertiary/aromatic N) is 3. The zero-order valence-electron chi connectivity index (χ0n) is 16.6. The summed E-state index contributed by atoms with van der Waals surface area (Å²) >= 11 is 3.64. The number of hydrogen-bond acceptors (Lipinski definition) is 6. The average molecular weight is 459 g/mol. The Balaban J connectivity index is 1.19. The van der Waals surface area contributed by atoms with Gasteiger partial charge in [0.25, 0.3) is 0 Å². The van der Waals surface area contributed by atoms with E-state index in [1.165, 1.54) is 45.2 Å². The first kappa shape index (κ1) is 19.3. The van der Waals surface area contributed by atoms with Crippen molar-refractivity contribution >= 4 is 32.7 Å². The predicted octanol–water partition coefficient (Wildman–Crippen LogP) is 4.69. The quantitative estimate of drug-likeness (QED) is 0.718. The summed E-state index contributed by atoms with van der Waals surface area (Å²) in [6, 6.07) is 4.96. The molecule has 1 atom stereocenters. The number of aromatic nitrogens is 1. The molecule has 0 aromatic carbocycles. The first-order chi connectivity index (χ1) is 14.2. The van der Waals surface area contributed by atoms with Crippen LogP contribution in [0.4, 0.5) is 5.82 Å². The van der Waals surface area contributed by atoms with Crippen LogP contribution in [-0.2, 0) is 4.74 Å². The van der Waals surface area contributed by atoms with Gasteiger partial charge in [-0.3, -0.25) is 4.90 Å². The van der Waals surface area contributed by atoms with Crippen LogP contribution in [0.15, 0.2) is 21.2 Å². The third-order valence-corrected chi connectivity index (χ3v) is 7.85. The Hall–Kier alpha value is -1.62. The van der Waals surface area contributed by atoms with Crippen LogP contribution in [0.1, 0.15) is 50.7 Å². The summed E-state index contributed by atoms with van der Waals surface area (Å²) in [4.78, 5) is 7.25. The second kappa shape index (κ2) is 7.90. The molecule has 6 nitrogen and oxygen atoms in total. The maximum absolute atomic E-state index is 9.05. The number of pyridine rings is 1. The Morgan fingerprint density at radius 3 is 2.90 bits per heavy atom. The van der Waals surface area contributed by atoms with Gasteiger partial charge in [-0.15, -0.1) is 0 Å². The molecule has 154 valence electrons. The van der Waals surface area contributed by atoms with Crippen LogP contribution in [0.2, 0.25) is 0 Å². The minimum absolute atomic E-state index is 0.312. The lowest BCUT2D eigenvalue weighted by Gasteiger charge is -2.38. The first-order valence-corrected chi connectivity index (χ1v) is 11.5. The summed E-state index contributed by atoms with van der Waals surface area (Å²) in [6.45, 7) is 4.37. The SMILES string of the molecule is N#Cc1cc2c(Br)c(NC3CCC(N4CCC5(CCCOC5)C4)CC3)ncc2o1. The van der Waals surface area contributed by atoms with Crippen molar-refractivity contribution in [1.29, 1.82) is 5.26 Å². The third kappa shape index (κ3) is 3.78. The third-order valence-electron chi connectivity index (χ3n) is 7.05. The Labute approximate surface area is 179 Å². The van der Waals surface area contributed by atoms with Crippen molar-refractivity contribution in [1.82, 2.24) is 9.88 Å². The Morgan fingerprint density at radius 1 is 1.28 bits per heavy atom. The number of rotatable bonds is 3. The van der Waals surface area contributed by atoms with Crippen LogP contribution < -0.4 is 5.32 Å². The molecule has 2 saturated heterocycles. The molecule has 0 amide bonds. The van der Waals surface area contributed by atoms with Crippen molar-refractivity contribution in [3.63, 3.8) is 0 Å². The number of likely N-dealkylation sites (tertiary alicyclic amines) is 1. The van der Waals surface area contributed by atoms with E-state index in [4.69, 9.17) is 14.4 Å². The topological polar surface area (TPSA) is 74.3 Å². The van der Waals surface area contributed by atoms with E-state index in [1.54, 1.807) is 12.3 Å². The summed E-state index contributed by atoms with van der Waals surface area (Å²) in [5.74, 6) is 1.15. The summed E-state index contributed by atoms with van der Waals surface area (Å²) in [5.41, 5.74) is 1.07. The van der Waals surface area contributed by atoms with E-state index in [9.17, 15) is 0 Å². The molecule has 2 aromatic rings. The molecule has 7 heteroatoms. The van der Waals surface area contributed by atoms with Crippen LogP contribution in [0.25, 0.3) is 11.0 Å². The number of fused-ring (bicyclic) bond motifs is 1. The van der Waals surface area contributed by atoms with Crippen LogP contribution in [0.5, 0.6) is 0 Å². The zero-order valence-corrected chi connectivity index (χ0v) is 18.2. The standard InChI is InChI=1S/C22H27BrN4O2/c23-20-18-10-17(11-24)29-19(18)12-25-21(20)26-15-2-4-16(5-3-15)27-8-7-22(13-27)6-1-9-28-14-22/h10,12,15-16H,1-9,13-14H2,(H,25,26). The molecule has 0 radical (unpaired) electrons. The van der Waals surface area contributed by atoms with Gasteiger partial charge >= 0.3 is 0 Å². The van der Waals surface area contributed by atoms with Crippen molar-refractivity contribution in [2.45, 2.75) is 57.0 Å². The van der Waals surface area contributed by atoms with Gasteiger partial charge < -0.3 is 14.5 Å². The summed E-state index contributed by atoms with van der Waals surface area (Å²) in [5, 5.41) is 13.6. The van der Waals surface area contributed by atoms with E-state index >= 15 is 0 Å². The van der Waals surface area contributed by atoms with Crippen molar-refractivity contribution in [3.05, 3.63) is 22.5 Å². The highest BCUT2D eigenvalue weighted by Gasteiger charge is 2.42. The van der Waals surface area contributed by atoms with Crippen LogP contribution >= 0.6 is 15.9 Å². The number of nitrogens with one attached hydrogen (secondary N) is 1. The molecule has 5 rings (SSSR count). The van der Waals surface area contributed by atoms with Crippen LogP contribution in [-0.4, -0.2) is 48.3 Å². The molecule has 1 N–H and O–H groups in total. The van der Waals surface area contributed by atoms with Crippen molar-refractivity contribution in [3.8, 4) is 6.07 Å². The number of furan rings is 1. The molecule has 4 heterocycles. The van der Waals surface area contributed by atoms with Gasteiger partial charge in [-0.05, 0) is 67.4 Å². The van der Waals surface area contributed by atoms with Crippen molar-refractivity contribution in [2.75, 3.05) is 31.6 Å². The maximum atomic E-state index is 9.05. The van der Waals surface area contributed by atoms with Gasteiger partial charge in [-0.1, -0.05) is 0 Å². The lowest BCUT2D eigenvalue weighted by Crippen LogP contribution is -2.42. The summed E-state index contributed by atoms with van der Waals surface area (Å²) in [7, 11) is 0. The molecule has 1 aliphatic carbocycles. The highest BCUT2D eigenvalue weighted by Crippen LogP contribution is 2.41. The number of hydrogen-bond donors (Lipinski definition) is 1. The van der Waals surface area contributed by atoms with E-state index in [2.05, 4.69) is 31.1 Å². The van der Waals surface area contributed by atoms with E-state index in [0.29, 0.717) is 28.8 Å². The van der Waals surface area contributed by atoms with Crippen LogP contribution in [0.3, 0.4) is 0 Å². The average Bonchev–Trinajstić information content (AvgIpc) is 3.36. The molecular weight excluding hydrogens is 432 g/mol. The number of nitriles is 1. The van der Waals surface area contributed by atoms with Gasteiger partial charge in [0, 0.05) is 42.1 Å². The Kier molecular flexibility index (Phi) is 5.27. The molecule has 3 aliphatic rings. The summed E-state index contributed by atoms with van der Waals surface area (Å²) < 4.78 is 12.1. The molecule has 29 heavy (non-hydrogen) atoms. The highest BCUT2D eigenvalue weighted by atomic mass is 79.9. The summed E-state index contributed by atoms with van der Waals surface area (Å²) in [6.07, 6.45) is 10.4. The number of ether oxygens (including phenoxy) is 1. The highest BCUT2D eigenvalue weighted by molar-refractivity contribution is 9.10. The van der Waals surface area contributed by atoms with Crippen LogP contribution in [0, 0.1) is 16.7 Å². The molecular formula is C22H27BrN4O2.